The van der Waals surface area contributed by atoms with Crippen molar-refractivity contribution in [1.82, 2.24) is 0 Å². The Hall–Kier alpha value is -1.35. The highest BCUT2D eigenvalue weighted by Gasteiger charge is 1.86. The first-order valence-electron chi connectivity index (χ1n) is 4.52. The molecule has 0 saturated heterocycles. The lowest BCUT2D eigenvalue weighted by atomic mass is 10.2. The number of aliphatic hydroxyl groups excluding tert-OH is 1. The minimum atomic E-state index is -1.13. The van der Waals surface area contributed by atoms with Crippen molar-refractivity contribution >= 4 is 5.97 Å². The zero-order valence-corrected chi connectivity index (χ0v) is 8.43. The van der Waals surface area contributed by atoms with Gasteiger partial charge in [-0.05, 0) is 18.9 Å². The number of carbonyl (C=O) groups is 1. The molecule has 1 atom stereocenters. The highest BCUT2D eigenvalue weighted by Crippen LogP contribution is 1.94. The van der Waals surface area contributed by atoms with Gasteiger partial charge in [-0.3, -0.25) is 0 Å². The average molecular weight is 195 g/mol. The summed E-state index contributed by atoms with van der Waals surface area (Å²) in [4.78, 5) is 10.1. The molecule has 0 amide bonds. The standard InChI is InChI=1S/C7H6O2.C4H10O/c8-7(9)6-4-2-1-3-5-6;1-3-4(2)5/h1-5H,(H,8,9);4-5H,3H2,1-2H3/p-1. The highest BCUT2D eigenvalue weighted by molar-refractivity contribution is 5.85. The van der Waals surface area contributed by atoms with Crippen molar-refractivity contribution in [3.8, 4) is 0 Å². The van der Waals surface area contributed by atoms with E-state index < -0.39 is 5.97 Å². The Kier molecular flexibility index (Phi) is 6.41. The number of carboxylic acid groups (broad SMARTS) is 1. The van der Waals surface area contributed by atoms with Crippen LogP contribution in [0.5, 0.6) is 0 Å². The Morgan fingerprint density at radius 2 is 1.86 bits per heavy atom. The van der Waals surface area contributed by atoms with Crippen LogP contribution in [0.3, 0.4) is 0 Å². The van der Waals surface area contributed by atoms with Gasteiger partial charge in [-0.2, -0.15) is 0 Å². The van der Waals surface area contributed by atoms with Crippen LogP contribution in [0.25, 0.3) is 0 Å². The van der Waals surface area contributed by atoms with Crippen molar-refractivity contribution < 1.29 is 15.0 Å². The molecule has 0 aromatic heterocycles. The van der Waals surface area contributed by atoms with Gasteiger partial charge >= 0.3 is 0 Å². The number of carboxylic acids is 1. The highest BCUT2D eigenvalue weighted by atomic mass is 16.4. The van der Waals surface area contributed by atoms with Crippen LogP contribution >= 0.6 is 0 Å². The Labute approximate surface area is 84.0 Å². The van der Waals surface area contributed by atoms with Crippen molar-refractivity contribution in [2.24, 2.45) is 0 Å². The lowest BCUT2D eigenvalue weighted by Crippen LogP contribution is -2.21. The van der Waals surface area contributed by atoms with Crippen LogP contribution in [-0.4, -0.2) is 17.2 Å². The molecule has 0 aliphatic heterocycles. The van der Waals surface area contributed by atoms with E-state index in [1.54, 1.807) is 25.1 Å². The van der Waals surface area contributed by atoms with Gasteiger partial charge in [0.05, 0.1) is 12.1 Å². The third kappa shape index (κ3) is 6.20. The van der Waals surface area contributed by atoms with Crippen LogP contribution in [0.4, 0.5) is 0 Å². The van der Waals surface area contributed by atoms with E-state index in [1.807, 2.05) is 6.92 Å². The van der Waals surface area contributed by atoms with Gasteiger partial charge in [-0.25, -0.2) is 0 Å². The maximum Gasteiger partial charge on any atom is 0.0715 e. The van der Waals surface area contributed by atoms with E-state index in [4.69, 9.17) is 5.11 Å². The lowest BCUT2D eigenvalue weighted by Gasteiger charge is -1.97. The Balaban J connectivity index is 0.000000292. The molecule has 1 aromatic carbocycles. The van der Waals surface area contributed by atoms with Crippen molar-refractivity contribution in [3.63, 3.8) is 0 Å². The van der Waals surface area contributed by atoms with Gasteiger partial charge in [-0.15, -0.1) is 0 Å². The molecule has 0 saturated carbocycles. The molecule has 14 heavy (non-hydrogen) atoms. The minimum Gasteiger partial charge on any atom is -0.545 e. The second-order valence-corrected chi connectivity index (χ2v) is 2.91. The quantitative estimate of drug-likeness (QED) is 0.760. The molecule has 0 radical (unpaired) electrons. The summed E-state index contributed by atoms with van der Waals surface area (Å²) in [7, 11) is 0. The molecular weight excluding hydrogens is 180 g/mol. The molecule has 0 aliphatic rings. The maximum atomic E-state index is 10.1. The Bertz CT molecular complexity index is 254. The molecule has 0 spiro atoms. The van der Waals surface area contributed by atoms with E-state index in [0.717, 1.165) is 6.42 Å². The average Bonchev–Trinajstić information content (AvgIpc) is 2.20. The Morgan fingerprint density at radius 3 is 2.07 bits per heavy atom. The first kappa shape index (κ1) is 12.7. The third-order valence-corrected chi connectivity index (χ3v) is 1.60. The molecule has 0 bridgehead atoms. The summed E-state index contributed by atoms with van der Waals surface area (Å²) in [6, 6.07) is 8.06. The zero-order chi connectivity index (χ0) is 11.0. The van der Waals surface area contributed by atoms with Crippen LogP contribution in [0.1, 0.15) is 30.6 Å². The van der Waals surface area contributed by atoms with Crippen LogP contribution in [0.15, 0.2) is 30.3 Å². The van der Waals surface area contributed by atoms with E-state index in [2.05, 4.69) is 0 Å². The largest absolute Gasteiger partial charge is 0.545 e. The summed E-state index contributed by atoms with van der Waals surface area (Å²) in [6.07, 6.45) is 0.745. The zero-order valence-electron chi connectivity index (χ0n) is 8.43. The first-order chi connectivity index (χ1) is 6.57. The smallest absolute Gasteiger partial charge is 0.0715 e. The molecule has 0 heterocycles. The van der Waals surface area contributed by atoms with E-state index in [0.29, 0.717) is 0 Å². The Morgan fingerprint density at radius 1 is 1.43 bits per heavy atom. The van der Waals surface area contributed by atoms with Crippen molar-refractivity contribution in [2.75, 3.05) is 0 Å². The second-order valence-electron chi connectivity index (χ2n) is 2.91. The third-order valence-electron chi connectivity index (χ3n) is 1.60. The predicted molar refractivity (Wildman–Crippen MR) is 52.7 cm³/mol. The summed E-state index contributed by atoms with van der Waals surface area (Å²) >= 11 is 0. The number of benzene rings is 1. The van der Waals surface area contributed by atoms with Crippen molar-refractivity contribution in [3.05, 3.63) is 35.9 Å². The first-order valence-corrected chi connectivity index (χ1v) is 4.52. The number of aliphatic hydroxyl groups is 1. The molecule has 78 valence electrons. The predicted octanol–water partition coefficient (Wildman–Crippen LogP) is 0.827. The minimum absolute atomic E-state index is 0.116. The van der Waals surface area contributed by atoms with Gasteiger partial charge in [0.1, 0.15) is 0 Å². The molecule has 1 rings (SSSR count). The van der Waals surface area contributed by atoms with E-state index >= 15 is 0 Å². The van der Waals surface area contributed by atoms with Gasteiger partial charge in [0.15, 0.2) is 0 Å². The van der Waals surface area contributed by atoms with Gasteiger partial charge in [0.2, 0.25) is 0 Å². The monoisotopic (exact) mass is 195 g/mol. The van der Waals surface area contributed by atoms with Gasteiger partial charge in [0.25, 0.3) is 0 Å². The number of hydrogen-bond acceptors (Lipinski definition) is 3. The molecule has 3 nitrogen and oxygen atoms in total. The maximum absolute atomic E-state index is 10.1. The topological polar surface area (TPSA) is 60.4 Å². The molecule has 1 aromatic rings. The summed E-state index contributed by atoms with van der Waals surface area (Å²) in [5.41, 5.74) is 0.220. The van der Waals surface area contributed by atoms with E-state index in [1.165, 1.54) is 12.1 Å². The van der Waals surface area contributed by atoms with Gasteiger partial charge in [-0.1, -0.05) is 37.3 Å². The molecular formula is C11H15O3-. The van der Waals surface area contributed by atoms with Crippen LogP contribution in [-0.2, 0) is 0 Å². The fourth-order valence-corrected chi connectivity index (χ4v) is 0.574. The molecule has 0 aliphatic carbocycles. The summed E-state index contributed by atoms with van der Waals surface area (Å²) in [5, 5.41) is 18.5. The number of rotatable bonds is 2. The molecule has 0 fully saturated rings. The van der Waals surface area contributed by atoms with Gasteiger partial charge < -0.3 is 15.0 Å². The van der Waals surface area contributed by atoms with Crippen LogP contribution in [0.2, 0.25) is 0 Å². The molecule has 1 N–H and O–H groups in total. The summed E-state index contributed by atoms with van der Waals surface area (Å²) in [6.45, 7) is 3.73. The SMILES string of the molecule is CCC(C)O.O=C([O-])c1ccccc1. The van der Waals surface area contributed by atoms with Gasteiger partial charge in [0, 0.05) is 0 Å². The molecule has 1 unspecified atom stereocenters. The number of aromatic carboxylic acids is 1. The van der Waals surface area contributed by atoms with E-state index in [-0.39, 0.29) is 11.7 Å². The fourth-order valence-electron chi connectivity index (χ4n) is 0.574. The van der Waals surface area contributed by atoms with Crippen LogP contribution in [0, 0.1) is 0 Å². The number of hydrogen-bond donors (Lipinski definition) is 1. The normalized spacial score (nSPS) is 11.1. The number of carbonyl (C=O) groups excluding carboxylic acids is 1. The lowest BCUT2D eigenvalue weighted by molar-refractivity contribution is -0.255. The summed E-state index contributed by atoms with van der Waals surface area (Å²) in [5.74, 6) is -1.13. The fraction of sp³-hybridized carbons (Fsp3) is 0.364. The van der Waals surface area contributed by atoms with Crippen molar-refractivity contribution in [2.45, 2.75) is 26.4 Å². The molecule has 3 heteroatoms. The van der Waals surface area contributed by atoms with Crippen molar-refractivity contribution in [1.29, 1.82) is 0 Å². The summed E-state index contributed by atoms with van der Waals surface area (Å²) < 4.78 is 0. The second kappa shape index (κ2) is 7.09. The van der Waals surface area contributed by atoms with Crippen LogP contribution < -0.4 is 5.11 Å². The van der Waals surface area contributed by atoms with E-state index in [9.17, 15) is 9.90 Å².